The van der Waals surface area contributed by atoms with E-state index in [0.29, 0.717) is 0 Å². The van der Waals surface area contributed by atoms with Crippen LogP contribution >= 0.6 is 0 Å². The zero-order valence-electron chi connectivity index (χ0n) is 9.92. The molecule has 0 aliphatic heterocycles. The van der Waals surface area contributed by atoms with Crippen LogP contribution in [0, 0.1) is 0 Å². The van der Waals surface area contributed by atoms with Crippen LogP contribution in [0.1, 0.15) is 50.2 Å². The molecule has 0 N–H and O–H groups in total. The van der Waals surface area contributed by atoms with Gasteiger partial charge in [0.1, 0.15) is 0 Å². The summed E-state index contributed by atoms with van der Waals surface area (Å²) in [6.45, 7) is 2.25. The molecule has 3 rings (SSSR count). The van der Waals surface area contributed by atoms with E-state index in [0.717, 1.165) is 0 Å². The molecule has 0 amide bonds. The normalized spacial score (nSPS) is 20.4. The van der Waals surface area contributed by atoms with Crippen LogP contribution in [0.15, 0.2) is 35.9 Å². The summed E-state index contributed by atoms with van der Waals surface area (Å²) in [5.41, 5.74) is 7.90. The molecule has 0 heterocycles. The van der Waals surface area contributed by atoms with Gasteiger partial charge in [0.05, 0.1) is 0 Å². The molecule has 1 aromatic carbocycles. The molecule has 0 bridgehead atoms. The molecule has 2 aliphatic rings. The maximum Gasteiger partial charge on any atom is -0.00171 e. The highest BCUT2D eigenvalue weighted by molar-refractivity contribution is 5.94. The average molecular weight is 210 g/mol. The van der Waals surface area contributed by atoms with Crippen LogP contribution in [0.25, 0.3) is 11.1 Å². The van der Waals surface area contributed by atoms with Gasteiger partial charge in [-0.25, -0.2) is 0 Å². The molecule has 82 valence electrons. The van der Waals surface area contributed by atoms with Gasteiger partial charge in [0, 0.05) is 0 Å². The lowest BCUT2D eigenvalue weighted by Gasteiger charge is -1.99. The molecule has 0 atom stereocenters. The van der Waals surface area contributed by atoms with Crippen molar-refractivity contribution in [1.82, 2.24) is 0 Å². The molecule has 0 unspecified atom stereocenters. The first kappa shape index (κ1) is 9.89. The third-order valence-electron chi connectivity index (χ3n) is 3.57. The van der Waals surface area contributed by atoms with Crippen LogP contribution in [-0.4, -0.2) is 0 Å². The van der Waals surface area contributed by atoms with Gasteiger partial charge in [-0.05, 0) is 48.0 Å². The summed E-state index contributed by atoms with van der Waals surface area (Å²) in [7, 11) is 0. The summed E-state index contributed by atoms with van der Waals surface area (Å²) >= 11 is 0. The largest absolute Gasteiger partial charge is 0.0804 e. The number of rotatable bonds is 2. The Labute approximate surface area is 97.7 Å². The third kappa shape index (κ3) is 1.63. The van der Waals surface area contributed by atoms with Crippen LogP contribution in [-0.2, 0) is 0 Å². The van der Waals surface area contributed by atoms with Gasteiger partial charge in [-0.2, -0.15) is 0 Å². The van der Waals surface area contributed by atoms with E-state index in [1.165, 1.54) is 43.2 Å². The Hall–Kier alpha value is -1.30. The van der Waals surface area contributed by atoms with Crippen molar-refractivity contribution in [2.24, 2.45) is 0 Å². The van der Waals surface area contributed by atoms with E-state index < -0.39 is 0 Å². The van der Waals surface area contributed by atoms with Crippen LogP contribution < -0.4 is 0 Å². The molecule has 0 radical (unpaired) electrons. The van der Waals surface area contributed by atoms with Crippen LogP contribution in [0.4, 0.5) is 0 Å². The van der Waals surface area contributed by atoms with Crippen molar-refractivity contribution in [2.75, 3.05) is 0 Å². The number of hydrogen-bond donors (Lipinski definition) is 0. The molecule has 0 aromatic heterocycles. The highest BCUT2D eigenvalue weighted by atomic mass is 14.3. The number of allylic oxidation sites excluding steroid dienone is 4. The Balaban J connectivity index is 2.06. The van der Waals surface area contributed by atoms with Crippen molar-refractivity contribution >= 4 is 11.1 Å². The lowest BCUT2D eigenvalue weighted by atomic mass is 10.1. The summed E-state index contributed by atoms with van der Waals surface area (Å²) in [6, 6.07) is 8.92. The first-order valence-electron chi connectivity index (χ1n) is 6.40. The van der Waals surface area contributed by atoms with E-state index in [9.17, 15) is 0 Å². The van der Waals surface area contributed by atoms with Crippen molar-refractivity contribution in [2.45, 2.75) is 39.0 Å². The van der Waals surface area contributed by atoms with Gasteiger partial charge in [-0.3, -0.25) is 0 Å². The topological polar surface area (TPSA) is 0 Å². The minimum atomic E-state index is 1.19. The van der Waals surface area contributed by atoms with Crippen molar-refractivity contribution in [3.63, 3.8) is 0 Å². The van der Waals surface area contributed by atoms with Crippen LogP contribution in [0.2, 0.25) is 0 Å². The number of hydrogen-bond acceptors (Lipinski definition) is 0. The average Bonchev–Trinajstić information content (AvgIpc) is 3.10. The second-order valence-corrected chi connectivity index (χ2v) is 4.82. The number of benzene rings is 1. The van der Waals surface area contributed by atoms with Crippen LogP contribution in [0.5, 0.6) is 0 Å². The van der Waals surface area contributed by atoms with Gasteiger partial charge < -0.3 is 0 Å². The van der Waals surface area contributed by atoms with E-state index in [1.807, 2.05) is 0 Å². The molecule has 1 aromatic rings. The predicted octanol–water partition coefficient (Wildman–Crippen LogP) is 4.82. The molecule has 1 saturated carbocycles. The Morgan fingerprint density at radius 1 is 1.12 bits per heavy atom. The van der Waals surface area contributed by atoms with Gasteiger partial charge in [-0.1, -0.05) is 49.3 Å². The fourth-order valence-corrected chi connectivity index (χ4v) is 2.59. The first-order chi connectivity index (χ1) is 7.90. The predicted molar refractivity (Wildman–Crippen MR) is 70.1 cm³/mol. The fraction of sp³-hybridized carbons (Fsp3) is 0.375. The Kier molecular flexibility index (Phi) is 2.43. The first-order valence-corrected chi connectivity index (χ1v) is 6.40. The molecule has 1 fully saturated rings. The lowest BCUT2D eigenvalue weighted by Crippen LogP contribution is -1.79. The van der Waals surface area contributed by atoms with Gasteiger partial charge in [0.15, 0.2) is 0 Å². The SMILES string of the molecule is CCC/C=C1/CC(=C2CC2)c2ccccc21. The summed E-state index contributed by atoms with van der Waals surface area (Å²) in [5.74, 6) is 0. The fourth-order valence-electron chi connectivity index (χ4n) is 2.59. The molecule has 0 saturated heterocycles. The quantitative estimate of drug-likeness (QED) is 0.656. The van der Waals surface area contributed by atoms with E-state index in [-0.39, 0.29) is 0 Å². The molecule has 16 heavy (non-hydrogen) atoms. The Morgan fingerprint density at radius 2 is 1.88 bits per heavy atom. The summed E-state index contributed by atoms with van der Waals surface area (Å²) in [4.78, 5) is 0. The van der Waals surface area contributed by atoms with E-state index in [1.54, 1.807) is 16.7 Å². The van der Waals surface area contributed by atoms with E-state index in [2.05, 4.69) is 37.3 Å². The van der Waals surface area contributed by atoms with Gasteiger partial charge in [0.25, 0.3) is 0 Å². The highest BCUT2D eigenvalue weighted by Crippen LogP contribution is 2.47. The van der Waals surface area contributed by atoms with Crippen molar-refractivity contribution in [3.8, 4) is 0 Å². The molecule has 0 nitrogen and oxygen atoms in total. The molecular formula is C16H18. The van der Waals surface area contributed by atoms with Crippen molar-refractivity contribution in [3.05, 3.63) is 47.0 Å². The summed E-state index contributed by atoms with van der Waals surface area (Å²) < 4.78 is 0. The Morgan fingerprint density at radius 3 is 2.56 bits per heavy atom. The summed E-state index contributed by atoms with van der Waals surface area (Å²) in [6.07, 6.45) is 8.77. The third-order valence-corrected chi connectivity index (χ3v) is 3.57. The van der Waals surface area contributed by atoms with E-state index >= 15 is 0 Å². The molecule has 0 heteroatoms. The minimum absolute atomic E-state index is 1.19. The highest BCUT2D eigenvalue weighted by Gasteiger charge is 2.26. The zero-order chi connectivity index (χ0) is 11.0. The van der Waals surface area contributed by atoms with E-state index in [4.69, 9.17) is 0 Å². The minimum Gasteiger partial charge on any atom is -0.0804 e. The van der Waals surface area contributed by atoms with Crippen molar-refractivity contribution < 1.29 is 0 Å². The van der Waals surface area contributed by atoms with Gasteiger partial charge in [0.2, 0.25) is 0 Å². The monoisotopic (exact) mass is 210 g/mol. The lowest BCUT2D eigenvalue weighted by molar-refractivity contribution is 0.958. The zero-order valence-corrected chi connectivity index (χ0v) is 9.92. The number of unbranched alkanes of at least 4 members (excludes halogenated alkanes) is 1. The standard InChI is InChI=1S/C16H18/c1-2-3-6-13-11-16(12-9-10-12)15-8-5-4-7-14(13)15/h4-8H,2-3,9-11H2,1H3/b13-6-. The Bertz CT molecular complexity index is 469. The molecule has 0 spiro atoms. The maximum absolute atomic E-state index is 2.44. The van der Waals surface area contributed by atoms with Gasteiger partial charge >= 0.3 is 0 Å². The molecular weight excluding hydrogens is 192 g/mol. The van der Waals surface area contributed by atoms with Crippen LogP contribution in [0.3, 0.4) is 0 Å². The smallest absolute Gasteiger partial charge is 0.00171 e. The number of fused-ring (bicyclic) bond motifs is 1. The van der Waals surface area contributed by atoms with Gasteiger partial charge in [-0.15, -0.1) is 0 Å². The maximum atomic E-state index is 2.44. The summed E-state index contributed by atoms with van der Waals surface area (Å²) in [5, 5.41) is 0. The second-order valence-electron chi connectivity index (χ2n) is 4.82. The van der Waals surface area contributed by atoms with Crippen molar-refractivity contribution in [1.29, 1.82) is 0 Å². The second kappa shape index (κ2) is 3.93. The molecule has 2 aliphatic carbocycles.